The minimum atomic E-state index is -1.76. The van der Waals surface area contributed by atoms with Gasteiger partial charge < -0.3 is 59.5 Å². The highest BCUT2D eigenvalue weighted by Crippen LogP contribution is 2.46. The number of hydrogen-bond donors (Lipinski definition) is 8. The van der Waals surface area contributed by atoms with Gasteiger partial charge in [0, 0.05) is 17.7 Å². The summed E-state index contributed by atoms with van der Waals surface area (Å²) in [6, 6.07) is 8.01. The van der Waals surface area contributed by atoms with E-state index in [0.29, 0.717) is 5.56 Å². The van der Waals surface area contributed by atoms with Gasteiger partial charge in [0.1, 0.15) is 76.7 Å². The highest BCUT2D eigenvalue weighted by molar-refractivity contribution is 5.88. The molecule has 0 bridgehead atoms. The Bertz CT molecular complexity index is 1440. The van der Waals surface area contributed by atoms with Crippen molar-refractivity contribution in [2.75, 3.05) is 0 Å². The zero-order chi connectivity index (χ0) is 29.0. The van der Waals surface area contributed by atoms with Crippen molar-refractivity contribution in [2.24, 2.45) is 0 Å². The predicted molar refractivity (Wildman–Crippen MR) is 135 cm³/mol. The van der Waals surface area contributed by atoms with Crippen LogP contribution < -0.4 is 5.43 Å². The minimum Gasteiger partial charge on any atom is -0.508 e. The molecule has 2 saturated heterocycles. The van der Waals surface area contributed by atoms with Crippen molar-refractivity contribution in [2.45, 2.75) is 75.1 Å². The molecule has 13 heteroatoms. The van der Waals surface area contributed by atoms with Crippen molar-refractivity contribution in [3.8, 4) is 28.6 Å². The normalized spacial score (nSPS) is 34.7. The van der Waals surface area contributed by atoms with Gasteiger partial charge in [0.25, 0.3) is 0 Å². The second-order valence-corrected chi connectivity index (χ2v) is 10.1. The molecule has 0 saturated carbocycles. The van der Waals surface area contributed by atoms with E-state index in [0.717, 1.165) is 12.1 Å². The molecule has 3 heterocycles. The number of benzene rings is 2. The maximum Gasteiger partial charge on any atom is 0.197 e. The van der Waals surface area contributed by atoms with Gasteiger partial charge >= 0.3 is 0 Å². The van der Waals surface area contributed by atoms with Crippen molar-refractivity contribution in [1.82, 2.24) is 0 Å². The van der Waals surface area contributed by atoms with Gasteiger partial charge in [-0.15, -0.1) is 0 Å². The van der Waals surface area contributed by atoms with Crippen LogP contribution in [0.15, 0.2) is 45.6 Å². The summed E-state index contributed by atoms with van der Waals surface area (Å²) < 4.78 is 22.8. The molecule has 2 fully saturated rings. The van der Waals surface area contributed by atoms with Gasteiger partial charge in [0.2, 0.25) is 0 Å². The number of aliphatic hydroxyl groups is 5. The predicted octanol–water partition coefficient (Wildman–Crippen LogP) is -0.0289. The van der Waals surface area contributed by atoms with Crippen LogP contribution in [0.5, 0.6) is 17.2 Å². The first-order chi connectivity index (χ1) is 18.9. The van der Waals surface area contributed by atoms with E-state index < -0.39 is 78.2 Å². The first kappa shape index (κ1) is 28.3. The van der Waals surface area contributed by atoms with E-state index in [1.165, 1.54) is 38.1 Å². The summed E-state index contributed by atoms with van der Waals surface area (Å²) in [4.78, 5) is 13.1. The Kier molecular flexibility index (Phi) is 7.50. The molecule has 1 aromatic heterocycles. The molecule has 216 valence electrons. The van der Waals surface area contributed by atoms with E-state index >= 15 is 0 Å². The van der Waals surface area contributed by atoms with Crippen LogP contribution in [0.2, 0.25) is 0 Å². The summed E-state index contributed by atoms with van der Waals surface area (Å²) in [5.74, 6) is -1.22. The van der Waals surface area contributed by atoms with Gasteiger partial charge in [-0.1, -0.05) is 0 Å². The average Bonchev–Trinajstić information content (AvgIpc) is 2.91. The maximum absolute atomic E-state index is 13.1. The molecule has 0 amide bonds. The van der Waals surface area contributed by atoms with Crippen molar-refractivity contribution in [1.29, 1.82) is 0 Å². The Balaban J connectivity index is 1.57. The minimum absolute atomic E-state index is 0.00361. The lowest BCUT2D eigenvalue weighted by Crippen LogP contribution is -2.61. The molecule has 2 aliphatic heterocycles. The highest BCUT2D eigenvalue weighted by Gasteiger charge is 2.50. The fourth-order valence-electron chi connectivity index (χ4n) is 5.06. The summed E-state index contributed by atoms with van der Waals surface area (Å²) in [7, 11) is 0. The monoisotopic (exact) mass is 562 g/mol. The number of fused-ring (bicyclic) bond motifs is 1. The molecule has 2 aliphatic rings. The summed E-state index contributed by atoms with van der Waals surface area (Å²) >= 11 is 0. The van der Waals surface area contributed by atoms with Crippen molar-refractivity contribution >= 4 is 11.0 Å². The number of rotatable bonds is 4. The largest absolute Gasteiger partial charge is 0.508 e. The van der Waals surface area contributed by atoms with E-state index in [2.05, 4.69) is 0 Å². The number of ether oxygens (including phenoxy) is 3. The molecule has 10 atom stereocenters. The molecule has 0 aliphatic carbocycles. The fourth-order valence-corrected chi connectivity index (χ4v) is 5.06. The first-order valence-electron chi connectivity index (χ1n) is 12.6. The first-order valence-corrected chi connectivity index (χ1v) is 12.6. The van der Waals surface area contributed by atoms with E-state index in [-0.39, 0.29) is 28.0 Å². The van der Waals surface area contributed by atoms with E-state index in [1.807, 2.05) is 0 Å². The van der Waals surface area contributed by atoms with Crippen LogP contribution in [0.25, 0.3) is 22.3 Å². The summed E-state index contributed by atoms with van der Waals surface area (Å²) in [6.45, 7) is 2.85. The van der Waals surface area contributed by atoms with Crippen molar-refractivity contribution in [3.05, 3.63) is 52.2 Å². The van der Waals surface area contributed by atoms with E-state index in [1.54, 1.807) is 0 Å². The number of aliphatic hydroxyl groups excluding tert-OH is 5. The van der Waals surface area contributed by atoms with Crippen LogP contribution in [0.4, 0.5) is 0 Å². The third kappa shape index (κ3) is 4.80. The van der Waals surface area contributed by atoms with Gasteiger partial charge in [0.05, 0.1) is 17.8 Å². The van der Waals surface area contributed by atoms with Gasteiger partial charge in [-0.05, 0) is 38.1 Å². The summed E-state index contributed by atoms with van der Waals surface area (Å²) in [6.07, 6.45) is -14.8. The van der Waals surface area contributed by atoms with Crippen LogP contribution in [0, 0.1) is 0 Å². The topological polar surface area (TPSA) is 220 Å². The Morgan fingerprint density at radius 3 is 2.08 bits per heavy atom. The Hall–Kier alpha value is -3.27. The molecule has 0 spiro atoms. The zero-order valence-corrected chi connectivity index (χ0v) is 21.4. The number of phenolic OH excluding ortho intramolecular Hbond substituents is 3. The molecule has 13 nitrogen and oxygen atoms in total. The summed E-state index contributed by atoms with van der Waals surface area (Å²) in [5.41, 5.74) is -0.767. The Morgan fingerprint density at radius 1 is 0.775 bits per heavy atom. The van der Waals surface area contributed by atoms with Crippen LogP contribution >= 0.6 is 0 Å². The summed E-state index contributed by atoms with van der Waals surface area (Å²) in [5, 5.41) is 83.4. The molecule has 5 rings (SSSR count). The second-order valence-electron chi connectivity index (χ2n) is 10.1. The van der Waals surface area contributed by atoms with Crippen molar-refractivity contribution < 1.29 is 59.5 Å². The molecule has 8 N–H and O–H groups in total. The smallest absolute Gasteiger partial charge is 0.197 e. The van der Waals surface area contributed by atoms with Crippen LogP contribution in [0.3, 0.4) is 0 Å². The van der Waals surface area contributed by atoms with Crippen LogP contribution in [-0.2, 0) is 14.2 Å². The molecule has 5 unspecified atom stereocenters. The number of phenols is 3. The molecular weight excluding hydrogens is 532 g/mol. The number of aromatic hydroxyl groups is 3. The quantitative estimate of drug-likeness (QED) is 0.210. The van der Waals surface area contributed by atoms with Crippen LogP contribution in [0.1, 0.15) is 25.5 Å². The highest BCUT2D eigenvalue weighted by atomic mass is 16.7. The molecule has 40 heavy (non-hydrogen) atoms. The SMILES string of the molecule is CC1OC(c2c(O)cc3oc(-c4ccc(O)cc4)cc(=O)c3c2O)C(O[C@@H]2O[C@@H](C)[C@H](O)[C@@H](O)[C@H]2O)C(O)C1O. The lowest BCUT2D eigenvalue weighted by molar-refractivity contribution is -0.336. The molecule has 3 aromatic rings. The molecule has 2 aromatic carbocycles. The van der Waals surface area contributed by atoms with Crippen LogP contribution in [-0.4, -0.2) is 96.0 Å². The van der Waals surface area contributed by atoms with Gasteiger partial charge in [-0.2, -0.15) is 0 Å². The van der Waals surface area contributed by atoms with Gasteiger partial charge in [-0.25, -0.2) is 0 Å². The second kappa shape index (κ2) is 10.6. The lowest BCUT2D eigenvalue weighted by Gasteiger charge is -2.46. The molecule has 0 radical (unpaired) electrons. The van der Waals surface area contributed by atoms with Gasteiger partial charge in [0.15, 0.2) is 11.7 Å². The zero-order valence-electron chi connectivity index (χ0n) is 21.4. The number of hydrogen-bond acceptors (Lipinski definition) is 13. The fraction of sp³-hybridized carbons (Fsp3) is 0.444. The lowest BCUT2D eigenvalue weighted by atomic mass is 9.89. The average molecular weight is 563 g/mol. The van der Waals surface area contributed by atoms with Crippen molar-refractivity contribution in [3.63, 3.8) is 0 Å². The Labute approximate surface area is 226 Å². The molecular formula is C27H30O13. The third-order valence-electron chi connectivity index (χ3n) is 7.37. The Morgan fingerprint density at radius 2 is 1.40 bits per heavy atom. The van der Waals surface area contributed by atoms with E-state index in [4.69, 9.17) is 18.6 Å². The van der Waals surface area contributed by atoms with Gasteiger partial charge in [-0.3, -0.25) is 4.79 Å². The third-order valence-corrected chi connectivity index (χ3v) is 7.37. The standard InChI is InChI=1S/C27H30O13/c1-9-20(32)23(35)26(40-27-24(36)22(34)19(31)10(2)38-27)25(37-9)18-14(30)8-16-17(21(18)33)13(29)7-15(39-16)11-3-5-12(28)6-4-11/h3-10,19-20,22-28,30-36H,1-2H3/t9?,10-,19-,20?,22+,23?,24+,25?,26?,27-/m0/s1. The van der Waals surface area contributed by atoms with E-state index in [9.17, 15) is 45.6 Å². The maximum atomic E-state index is 13.1.